The molecule has 3 nitrogen and oxygen atoms in total. The van der Waals surface area contributed by atoms with E-state index in [9.17, 15) is 4.39 Å². The van der Waals surface area contributed by atoms with Crippen LogP contribution in [0.15, 0.2) is 48.5 Å². The number of nitrogens with two attached hydrogens (primary N) is 1. The first-order chi connectivity index (χ1) is 10.1. The van der Waals surface area contributed by atoms with E-state index in [4.69, 9.17) is 10.5 Å². The fraction of sp³-hybridized carbons (Fsp3) is 0.118. The molecule has 0 atom stereocenters. The highest BCUT2D eigenvalue weighted by molar-refractivity contribution is 5.82. The van der Waals surface area contributed by atoms with E-state index < -0.39 is 0 Å². The zero-order chi connectivity index (χ0) is 14.8. The smallest absolute Gasteiger partial charge is 0.123 e. The number of hydrogen-bond acceptors (Lipinski definition) is 3. The minimum atomic E-state index is -0.276. The van der Waals surface area contributed by atoms with Crippen LogP contribution >= 0.6 is 0 Å². The molecule has 2 aromatic carbocycles. The van der Waals surface area contributed by atoms with Gasteiger partial charge in [0.15, 0.2) is 0 Å². The summed E-state index contributed by atoms with van der Waals surface area (Å²) < 4.78 is 19.2. The van der Waals surface area contributed by atoms with Crippen molar-refractivity contribution >= 4 is 16.6 Å². The van der Waals surface area contributed by atoms with E-state index in [1.54, 1.807) is 18.2 Å². The Morgan fingerprint density at radius 2 is 1.86 bits per heavy atom. The van der Waals surface area contributed by atoms with Gasteiger partial charge in [-0.1, -0.05) is 0 Å². The second kappa shape index (κ2) is 5.40. The third kappa shape index (κ3) is 2.94. The Hall–Kier alpha value is -2.62. The maximum Gasteiger partial charge on any atom is 0.123 e. The molecule has 21 heavy (non-hydrogen) atoms. The Bertz CT molecular complexity index is 785. The van der Waals surface area contributed by atoms with Gasteiger partial charge in [-0.05, 0) is 55.5 Å². The van der Waals surface area contributed by atoms with Crippen LogP contribution in [-0.2, 0) is 6.61 Å². The number of aromatic nitrogens is 1. The van der Waals surface area contributed by atoms with Gasteiger partial charge in [0.1, 0.15) is 18.2 Å². The average molecular weight is 282 g/mol. The molecule has 1 heterocycles. The summed E-state index contributed by atoms with van der Waals surface area (Å²) >= 11 is 0. The Labute approximate surface area is 122 Å². The molecule has 106 valence electrons. The Balaban J connectivity index is 1.92. The van der Waals surface area contributed by atoms with Crippen LogP contribution in [0, 0.1) is 12.7 Å². The molecule has 0 saturated carbocycles. The van der Waals surface area contributed by atoms with E-state index in [0.717, 1.165) is 27.9 Å². The predicted octanol–water partition coefficient (Wildman–Crippen LogP) is 3.84. The monoisotopic (exact) mass is 282 g/mol. The molecule has 0 amide bonds. The van der Waals surface area contributed by atoms with Crippen LogP contribution in [0.2, 0.25) is 0 Å². The lowest BCUT2D eigenvalue weighted by molar-refractivity contribution is 0.307. The van der Waals surface area contributed by atoms with Crippen molar-refractivity contribution in [3.05, 3.63) is 65.6 Å². The molecule has 4 heteroatoms. The molecule has 0 aliphatic heterocycles. The van der Waals surface area contributed by atoms with Gasteiger partial charge < -0.3 is 10.5 Å². The molecule has 3 aromatic rings. The highest BCUT2D eigenvalue weighted by Gasteiger charge is 2.06. The molecule has 0 bridgehead atoms. The number of hydrogen-bond donors (Lipinski definition) is 1. The van der Waals surface area contributed by atoms with E-state index in [1.165, 1.54) is 12.1 Å². The number of ether oxygens (including phenoxy) is 1. The quantitative estimate of drug-likeness (QED) is 0.742. The largest absolute Gasteiger partial charge is 0.489 e. The minimum absolute atomic E-state index is 0.276. The molecule has 0 radical (unpaired) electrons. The van der Waals surface area contributed by atoms with Gasteiger partial charge in [0.2, 0.25) is 0 Å². The number of anilines is 1. The topological polar surface area (TPSA) is 48.1 Å². The first-order valence-electron chi connectivity index (χ1n) is 6.66. The van der Waals surface area contributed by atoms with Crippen molar-refractivity contribution in [1.82, 2.24) is 4.98 Å². The van der Waals surface area contributed by atoms with Crippen LogP contribution in [0.25, 0.3) is 10.9 Å². The average Bonchev–Trinajstić information content (AvgIpc) is 2.47. The van der Waals surface area contributed by atoms with E-state index >= 15 is 0 Å². The summed E-state index contributed by atoms with van der Waals surface area (Å²) in [4.78, 5) is 4.41. The molecule has 1 aromatic heterocycles. The Morgan fingerprint density at radius 1 is 1.10 bits per heavy atom. The maximum atomic E-state index is 13.4. The lowest BCUT2D eigenvalue weighted by Crippen LogP contribution is -1.99. The molecule has 0 aliphatic rings. The van der Waals surface area contributed by atoms with Gasteiger partial charge in [0, 0.05) is 22.3 Å². The van der Waals surface area contributed by atoms with Gasteiger partial charge in [-0.3, -0.25) is 4.98 Å². The summed E-state index contributed by atoms with van der Waals surface area (Å²) in [6.45, 7) is 2.27. The summed E-state index contributed by atoms with van der Waals surface area (Å²) in [5.41, 5.74) is 8.89. The summed E-state index contributed by atoms with van der Waals surface area (Å²) in [7, 11) is 0. The second-order valence-electron chi connectivity index (χ2n) is 4.94. The van der Waals surface area contributed by atoms with E-state index in [2.05, 4.69) is 4.98 Å². The Kier molecular flexibility index (Phi) is 3.44. The van der Waals surface area contributed by atoms with Gasteiger partial charge in [0.05, 0.1) is 5.52 Å². The van der Waals surface area contributed by atoms with Crippen LogP contribution < -0.4 is 10.5 Å². The number of nitrogens with zero attached hydrogens (tertiary/aromatic N) is 1. The van der Waals surface area contributed by atoms with Crippen molar-refractivity contribution in [2.75, 3.05) is 5.73 Å². The van der Waals surface area contributed by atoms with Crippen LogP contribution in [0.3, 0.4) is 0 Å². The number of pyridine rings is 1. The standard InChI is InChI=1S/C17H15FN2O/c1-11-8-12(10-21-15-5-3-14(19)4-6-15)16-9-13(18)2-7-17(16)20-11/h2-9H,10,19H2,1H3. The van der Waals surface area contributed by atoms with Crippen molar-refractivity contribution in [1.29, 1.82) is 0 Å². The number of fused-ring (bicyclic) bond motifs is 1. The summed E-state index contributed by atoms with van der Waals surface area (Å²) in [6, 6.07) is 13.7. The summed E-state index contributed by atoms with van der Waals surface area (Å²) in [6.07, 6.45) is 0. The number of rotatable bonds is 3. The number of benzene rings is 2. The molecule has 0 unspecified atom stereocenters. The van der Waals surface area contributed by atoms with Crippen molar-refractivity contribution in [2.24, 2.45) is 0 Å². The van der Waals surface area contributed by atoms with Crippen LogP contribution in [-0.4, -0.2) is 4.98 Å². The molecule has 0 saturated heterocycles. The van der Waals surface area contributed by atoms with Crippen molar-refractivity contribution in [3.63, 3.8) is 0 Å². The zero-order valence-electron chi connectivity index (χ0n) is 11.6. The van der Waals surface area contributed by atoms with Crippen molar-refractivity contribution < 1.29 is 9.13 Å². The lowest BCUT2D eigenvalue weighted by atomic mass is 10.1. The van der Waals surface area contributed by atoms with Crippen molar-refractivity contribution in [2.45, 2.75) is 13.5 Å². The third-order valence-electron chi connectivity index (χ3n) is 3.26. The fourth-order valence-electron chi connectivity index (χ4n) is 2.26. The van der Waals surface area contributed by atoms with Crippen LogP contribution in [0.5, 0.6) is 5.75 Å². The zero-order valence-corrected chi connectivity index (χ0v) is 11.6. The SMILES string of the molecule is Cc1cc(COc2ccc(N)cc2)c2cc(F)ccc2n1. The van der Waals surface area contributed by atoms with E-state index in [1.807, 2.05) is 25.1 Å². The Morgan fingerprint density at radius 3 is 2.62 bits per heavy atom. The van der Waals surface area contributed by atoms with Crippen LogP contribution in [0.4, 0.5) is 10.1 Å². The molecule has 2 N–H and O–H groups in total. The number of halogens is 1. The first-order valence-corrected chi connectivity index (χ1v) is 6.66. The lowest BCUT2D eigenvalue weighted by Gasteiger charge is -2.10. The third-order valence-corrected chi connectivity index (χ3v) is 3.26. The van der Waals surface area contributed by atoms with Crippen LogP contribution in [0.1, 0.15) is 11.3 Å². The molecular weight excluding hydrogens is 267 g/mol. The van der Waals surface area contributed by atoms with Gasteiger partial charge in [-0.25, -0.2) is 4.39 Å². The minimum Gasteiger partial charge on any atom is -0.489 e. The molecule has 0 fully saturated rings. The number of nitrogen functional groups attached to an aromatic ring is 1. The highest BCUT2D eigenvalue weighted by Crippen LogP contribution is 2.22. The van der Waals surface area contributed by atoms with E-state index in [-0.39, 0.29) is 5.82 Å². The molecule has 0 spiro atoms. The van der Waals surface area contributed by atoms with E-state index in [0.29, 0.717) is 12.3 Å². The fourth-order valence-corrected chi connectivity index (χ4v) is 2.26. The summed E-state index contributed by atoms with van der Waals surface area (Å²) in [5, 5.41) is 0.774. The van der Waals surface area contributed by atoms with Gasteiger partial charge >= 0.3 is 0 Å². The number of aryl methyl sites for hydroxylation is 1. The van der Waals surface area contributed by atoms with Gasteiger partial charge in [0.25, 0.3) is 0 Å². The normalized spacial score (nSPS) is 10.8. The molecule has 0 aliphatic carbocycles. The van der Waals surface area contributed by atoms with Crippen molar-refractivity contribution in [3.8, 4) is 5.75 Å². The molecule has 3 rings (SSSR count). The molecular formula is C17H15FN2O. The predicted molar refractivity (Wildman–Crippen MR) is 81.6 cm³/mol. The summed E-state index contributed by atoms with van der Waals surface area (Å²) in [5.74, 6) is 0.449. The van der Waals surface area contributed by atoms with Gasteiger partial charge in [-0.2, -0.15) is 0 Å². The highest BCUT2D eigenvalue weighted by atomic mass is 19.1. The van der Waals surface area contributed by atoms with Gasteiger partial charge in [-0.15, -0.1) is 0 Å². The maximum absolute atomic E-state index is 13.4. The first kappa shape index (κ1) is 13.4. The second-order valence-corrected chi connectivity index (χ2v) is 4.94.